The summed E-state index contributed by atoms with van der Waals surface area (Å²) in [7, 11) is -3.54. The first kappa shape index (κ1) is 18.4. The zero-order valence-corrected chi connectivity index (χ0v) is 15.5. The Kier molecular flexibility index (Phi) is 5.58. The Labute approximate surface area is 156 Å². The lowest BCUT2D eigenvalue weighted by atomic mass is 10.3. The number of pyridine rings is 1. The molecule has 3 aromatic rings. The Balaban J connectivity index is 1.50. The third-order valence-electron chi connectivity index (χ3n) is 3.94. The summed E-state index contributed by atoms with van der Waals surface area (Å²) >= 11 is 5.82. The summed E-state index contributed by atoms with van der Waals surface area (Å²) < 4.78 is 26.4. The molecule has 3 rings (SSSR count). The molecule has 2 aromatic heterocycles. The molecule has 26 heavy (non-hydrogen) atoms. The van der Waals surface area contributed by atoms with Gasteiger partial charge in [0.2, 0.25) is 5.91 Å². The van der Waals surface area contributed by atoms with Crippen molar-refractivity contribution >= 4 is 32.9 Å². The predicted octanol–water partition coefficient (Wildman–Crippen LogP) is 2.51. The molecule has 1 N–H and O–H groups in total. The number of carbonyl (C=O) groups excluding carboxylic acids is 1. The molecule has 6 nitrogen and oxygen atoms in total. The van der Waals surface area contributed by atoms with E-state index in [1.54, 1.807) is 18.3 Å². The summed E-state index contributed by atoms with van der Waals surface area (Å²) in [6.45, 7) is 0.393. The molecule has 8 heteroatoms. The number of aromatic nitrogens is 2. The molecule has 0 aliphatic heterocycles. The van der Waals surface area contributed by atoms with Gasteiger partial charge in [-0.05, 0) is 30.3 Å². The van der Waals surface area contributed by atoms with E-state index in [9.17, 15) is 13.2 Å². The summed E-state index contributed by atoms with van der Waals surface area (Å²) in [6.07, 6.45) is 4.15. The maximum atomic E-state index is 12.2. The number of benzene rings is 1. The summed E-state index contributed by atoms with van der Waals surface area (Å²) in [4.78, 5) is 16.4. The number of nitrogens with one attached hydrogen (secondary N) is 1. The molecule has 0 spiro atoms. The van der Waals surface area contributed by atoms with Gasteiger partial charge in [-0.2, -0.15) is 0 Å². The van der Waals surface area contributed by atoms with Gasteiger partial charge in [-0.15, -0.1) is 0 Å². The predicted molar refractivity (Wildman–Crippen MR) is 100 cm³/mol. The fourth-order valence-electron chi connectivity index (χ4n) is 2.59. The molecule has 0 radical (unpaired) electrons. The Morgan fingerprint density at radius 2 is 2.04 bits per heavy atom. The number of rotatable bonds is 7. The van der Waals surface area contributed by atoms with Crippen molar-refractivity contribution in [1.29, 1.82) is 0 Å². The Hall–Kier alpha value is -2.38. The van der Waals surface area contributed by atoms with Gasteiger partial charge in [-0.3, -0.25) is 4.79 Å². The minimum Gasteiger partial charge on any atom is -0.356 e. The van der Waals surface area contributed by atoms with Gasteiger partial charge in [-0.25, -0.2) is 13.4 Å². The third-order valence-corrected chi connectivity index (χ3v) is 5.89. The van der Waals surface area contributed by atoms with Crippen LogP contribution < -0.4 is 5.32 Å². The quantitative estimate of drug-likeness (QED) is 0.671. The van der Waals surface area contributed by atoms with Crippen molar-refractivity contribution in [3.05, 3.63) is 65.7 Å². The van der Waals surface area contributed by atoms with Crippen molar-refractivity contribution in [2.75, 3.05) is 12.3 Å². The van der Waals surface area contributed by atoms with Crippen molar-refractivity contribution in [1.82, 2.24) is 14.7 Å². The van der Waals surface area contributed by atoms with Gasteiger partial charge in [0.25, 0.3) is 0 Å². The number of hydrogen-bond acceptors (Lipinski definition) is 4. The lowest BCUT2D eigenvalue weighted by Gasteiger charge is -2.07. The molecule has 1 amide bonds. The van der Waals surface area contributed by atoms with Crippen LogP contribution in [0.1, 0.15) is 12.2 Å². The van der Waals surface area contributed by atoms with E-state index in [2.05, 4.69) is 10.3 Å². The van der Waals surface area contributed by atoms with Crippen LogP contribution in [0.15, 0.2) is 59.8 Å². The molecule has 0 aliphatic carbocycles. The molecule has 2 heterocycles. The van der Waals surface area contributed by atoms with Crippen LogP contribution in [0, 0.1) is 0 Å². The van der Waals surface area contributed by atoms with E-state index in [1.807, 2.05) is 28.8 Å². The highest BCUT2D eigenvalue weighted by Crippen LogP contribution is 2.17. The van der Waals surface area contributed by atoms with Gasteiger partial charge >= 0.3 is 0 Å². The first-order chi connectivity index (χ1) is 12.5. The highest BCUT2D eigenvalue weighted by atomic mass is 35.5. The summed E-state index contributed by atoms with van der Waals surface area (Å²) in [5.41, 5.74) is 0.987. The lowest BCUT2D eigenvalue weighted by molar-refractivity contribution is -0.120. The first-order valence-electron chi connectivity index (χ1n) is 8.12. The second-order valence-corrected chi connectivity index (χ2v) is 8.34. The second kappa shape index (κ2) is 7.88. The third kappa shape index (κ3) is 4.42. The topological polar surface area (TPSA) is 80.5 Å². The van der Waals surface area contributed by atoms with E-state index in [0.29, 0.717) is 18.0 Å². The SMILES string of the molecule is O=C(CCS(=O)(=O)c1cccc(Cl)c1)NCCc1ncc2ccccn12. The van der Waals surface area contributed by atoms with Crippen molar-refractivity contribution < 1.29 is 13.2 Å². The maximum absolute atomic E-state index is 12.2. The van der Waals surface area contributed by atoms with Gasteiger partial charge in [-0.1, -0.05) is 23.7 Å². The molecular formula is C18H18ClN3O3S. The maximum Gasteiger partial charge on any atom is 0.221 e. The number of imidazole rings is 1. The number of halogens is 1. The molecule has 0 bridgehead atoms. The average molecular weight is 392 g/mol. The molecule has 0 atom stereocenters. The Morgan fingerprint density at radius 1 is 1.19 bits per heavy atom. The van der Waals surface area contributed by atoms with Crippen LogP contribution in [0.3, 0.4) is 0 Å². The number of fused-ring (bicyclic) bond motifs is 1. The van der Waals surface area contributed by atoms with Crippen LogP contribution in [-0.2, 0) is 21.1 Å². The van der Waals surface area contributed by atoms with Crippen LogP contribution in [-0.4, -0.2) is 36.0 Å². The molecule has 0 unspecified atom stereocenters. The van der Waals surface area contributed by atoms with E-state index in [0.717, 1.165) is 11.3 Å². The van der Waals surface area contributed by atoms with Gasteiger partial charge < -0.3 is 9.72 Å². The van der Waals surface area contributed by atoms with E-state index in [-0.39, 0.29) is 23.0 Å². The van der Waals surface area contributed by atoms with Crippen LogP contribution in [0.4, 0.5) is 0 Å². The number of sulfone groups is 1. The standard InChI is InChI=1S/C18H18ClN3O3S/c19-14-4-3-6-16(12-14)26(24,25)11-8-18(23)20-9-7-17-21-13-15-5-1-2-10-22(15)17/h1-6,10,12-13H,7-9,11H2,(H,20,23). The normalized spacial score (nSPS) is 11.6. The molecule has 1 aromatic carbocycles. The monoisotopic (exact) mass is 391 g/mol. The molecule has 0 saturated heterocycles. The van der Waals surface area contributed by atoms with Gasteiger partial charge in [0.1, 0.15) is 5.82 Å². The van der Waals surface area contributed by atoms with Crippen molar-refractivity contribution in [3.63, 3.8) is 0 Å². The van der Waals surface area contributed by atoms with Crippen LogP contribution >= 0.6 is 11.6 Å². The fraction of sp³-hybridized carbons (Fsp3) is 0.222. The van der Waals surface area contributed by atoms with Gasteiger partial charge in [0.05, 0.1) is 22.4 Å². The van der Waals surface area contributed by atoms with Gasteiger partial charge in [0.15, 0.2) is 9.84 Å². The molecule has 0 aliphatic rings. The van der Waals surface area contributed by atoms with E-state index < -0.39 is 9.84 Å². The Bertz CT molecular complexity index is 1030. The molecule has 0 saturated carbocycles. The van der Waals surface area contributed by atoms with E-state index in [1.165, 1.54) is 12.1 Å². The van der Waals surface area contributed by atoms with Crippen molar-refractivity contribution in [2.24, 2.45) is 0 Å². The minimum absolute atomic E-state index is 0.100. The molecular weight excluding hydrogens is 374 g/mol. The zero-order chi connectivity index (χ0) is 18.6. The Morgan fingerprint density at radius 3 is 2.85 bits per heavy atom. The second-order valence-electron chi connectivity index (χ2n) is 5.80. The summed E-state index contributed by atoms with van der Waals surface area (Å²) in [6, 6.07) is 11.8. The number of carbonyl (C=O) groups is 1. The van der Waals surface area contributed by atoms with Crippen LogP contribution in [0.2, 0.25) is 5.02 Å². The average Bonchev–Trinajstić information content (AvgIpc) is 3.03. The van der Waals surface area contributed by atoms with Gasteiger partial charge in [0, 0.05) is 30.6 Å². The van der Waals surface area contributed by atoms with E-state index in [4.69, 9.17) is 11.6 Å². The van der Waals surface area contributed by atoms with Crippen LogP contribution in [0.25, 0.3) is 5.52 Å². The number of hydrogen-bond donors (Lipinski definition) is 1. The smallest absolute Gasteiger partial charge is 0.221 e. The molecule has 136 valence electrons. The van der Waals surface area contributed by atoms with Crippen molar-refractivity contribution in [2.45, 2.75) is 17.7 Å². The summed E-state index contributed by atoms with van der Waals surface area (Å²) in [5, 5.41) is 3.09. The molecule has 0 fully saturated rings. The highest BCUT2D eigenvalue weighted by Gasteiger charge is 2.16. The number of amides is 1. The lowest BCUT2D eigenvalue weighted by Crippen LogP contribution is -2.28. The fourth-order valence-corrected chi connectivity index (χ4v) is 4.13. The van der Waals surface area contributed by atoms with E-state index >= 15 is 0 Å². The zero-order valence-electron chi connectivity index (χ0n) is 13.9. The summed E-state index contributed by atoms with van der Waals surface area (Å²) in [5.74, 6) is 0.273. The van der Waals surface area contributed by atoms with Crippen molar-refractivity contribution in [3.8, 4) is 0 Å². The highest BCUT2D eigenvalue weighted by molar-refractivity contribution is 7.91. The first-order valence-corrected chi connectivity index (χ1v) is 10.1. The minimum atomic E-state index is -3.54. The largest absolute Gasteiger partial charge is 0.356 e. The number of nitrogens with zero attached hydrogens (tertiary/aromatic N) is 2. The van der Waals surface area contributed by atoms with Crippen LogP contribution in [0.5, 0.6) is 0 Å².